The molecule has 134 valence electrons. The van der Waals surface area contributed by atoms with Gasteiger partial charge < -0.3 is 19.3 Å². The van der Waals surface area contributed by atoms with E-state index >= 15 is 0 Å². The van der Waals surface area contributed by atoms with Gasteiger partial charge in [0.2, 0.25) is 5.91 Å². The van der Waals surface area contributed by atoms with Gasteiger partial charge in [-0.3, -0.25) is 9.59 Å². The predicted octanol–water partition coefficient (Wildman–Crippen LogP) is 2.14. The first kappa shape index (κ1) is 16.7. The highest BCUT2D eigenvalue weighted by Crippen LogP contribution is 2.38. The monoisotopic (exact) mass is 363 g/mol. The van der Waals surface area contributed by atoms with Gasteiger partial charge in [-0.15, -0.1) is 0 Å². The van der Waals surface area contributed by atoms with Crippen LogP contribution in [0, 0.1) is 0 Å². The van der Waals surface area contributed by atoms with Crippen molar-refractivity contribution in [2.24, 2.45) is 0 Å². The Labute approximate surface area is 152 Å². The molecule has 1 aromatic carbocycles. The zero-order valence-corrected chi connectivity index (χ0v) is 13.9. The Hall–Kier alpha value is -3.77. The van der Waals surface area contributed by atoms with E-state index in [2.05, 4.69) is 4.79 Å². The molecule has 27 heavy (non-hydrogen) atoms. The molecule has 0 saturated carbocycles. The van der Waals surface area contributed by atoms with E-state index in [1.165, 1.54) is 17.2 Å². The topological polar surface area (TPSA) is 117 Å². The molecule has 1 aliphatic rings. The third-order valence-corrected chi connectivity index (χ3v) is 4.59. The Balaban J connectivity index is 1.82. The molecule has 1 amide bonds. The van der Waals surface area contributed by atoms with Crippen LogP contribution in [-0.2, 0) is 9.59 Å². The Bertz CT molecular complexity index is 1140. The van der Waals surface area contributed by atoms with Crippen LogP contribution in [0.3, 0.4) is 0 Å². The summed E-state index contributed by atoms with van der Waals surface area (Å²) in [4.78, 5) is 40.8. The number of furan rings is 1. The quantitative estimate of drug-likeness (QED) is 0.305. The molecule has 0 bridgehead atoms. The fourth-order valence-electron chi connectivity index (χ4n) is 3.46. The summed E-state index contributed by atoms with van der Waals surface area (Å²) in [6.07, 6.45) is 2.33. The average molecular weight is 363 g/mol. The summed E-state index contributed by atoms with van der Waals surface area (Å²) < 4.78 is 10.5. The molecule has 1 saturated heterocycles. The Morgan fingerprint density at radius 2 is 2.07 bits per heavy atom. The first-order valence-electron chi connectivity index (χ1n) is 8.19. The molecule has 3 heterocycles. The first-order chi connectivity index (χ1) is 13.1. The summed E-state index contributed by atoms with van der Waals surface area (Å²) in [6, 6.07) is 10.2. The van der Waals surface area contributed by atoms with Crippen molar-refractivity contribution in [1.82, 2.24) is 0 Å². The summed E-state index contributed by atoms with van der Waals surface area (Å²) >= 11 is 0. The number of hydrogen-bond donors (Lipinski definition) is 0. The van der Waals surface area contributed by atoms with Gasteiger partial charge >= 0.3 is 11.8 Å². The zero-order chi connectivity index (χ0) is 19.0. The van der Waals surface area contributed by atoms with Crippen molar-refractivity contribution >= 4 is 34.6 Å². The number of amides is 1. The molecular weight excluding hydrogens is 350 g/mol. The fourth-order valence-corrected chi connectivity index (χ4v) is 3.46. The predicted molar refractivity (Wildman–Crippen MR) is 94.5 cm³/mol. The second kappa shape index (κ2) is 6.51. The molecule has 4 rings (SSSR count). The maximum absolute atomic E-state index is 12.7. The van der Waals surface area contributed by atoms with Crippen molar-refractivity contribution in [3.05, 3.63) is 70.4 Å². The number of carbonyl (C=O) groups is 2. The largest absolute Gasteiger partial charge is 0.469 e. The Kier molecular flexibility index (Phi) is 4.02. The smallest absolute Gasteiger partial charge is 0.336 e. The third kappa shape index (κ3) is 2.88. The van der Waals surface area contributed by atoms with Gasteiger partial charge in [0.1, 0.15) is 17.4 Å². The summed E-state index contributed by atoms with van der Waals surface area (Å²) in [7, 11) is 0. The second-order valence-electron chi connectivity index (χ2n) is 6.16. The maximum Gasteiger partial charge on any atom is 0.336 e. The summed E-state index contributed by atoms with van der Waals surface area (Å²) in [6.45, 7) is 0. The Morgan fingerprint density at radius 1 is 1.22 bits per heavy atom. The molecule has 0 spiro atoms. The van der Waals surface area contributed by atoms with Gasteiger partial charge in [0.25, 0.3) is 5.78 Å². The molecule has 1 fully saturated rings. The van der Waals surface area contributed by atoms with Crippen LogP contribution < -0.4 is 10.5 Å². The van der Waals surface area contributed by atoms with Crippen molar-refractivity contribution < 1.29 is 23.2 Å². The van der Waals surface area contributed by atoms with E-state index < -0.39 is 23.4 Å². The number of anilines is 1. The normalized spacial score (nSPS) is 19.3. The van der Waals surface area contributed by atoms with Gasteiger partial charge in [-0.1, -0.05) is 0 Å². The Morgan fingerprint density at radius 3 is 2.81 bits per heavy atom. The molecule has 8 nitrogen and oxygen atoms in total. The molecule has 0 unspecified atom stereocenters. The van der Waals surface area contributed by atoms with Gasteiger partial charge in [-0.2, -0.15) is 4.79 Å². The minimum absolute atomic E-state index is 0.0745. The van der Waals surface area contributed by atoms with Crippen LogP contribution in [0.15, 0.2) is 62.4 Å². The molecule has 8 heteroatoms. The van der Waals surface area contributed by atoms with Crippen LogP contribution in [-0.4, -0.2) is 28.7 Å². The van der Waals surface area contributed by atoms with E-state index in [0.29, 0.717) is 22.4 Å². The second-order valence-corrected chi connectivity index (χ2v) is 6.16. The molecule has 2 atom stereocenters. The van der Waals surface area contributed by atoms with E-state index in [1.807, 2.05) is 0 Å². The molecule has 2 aromatic heterocycles. The summed E-state index contributed by atoms with van der Waals surface area (Å²) in [5.41, 5.74) is 9.16. The van der Waals surface area contributed by atoms with E-state index in [0.717, 1.165) is 6.21 Å². The molecule has 0 radical (unpaired) electrons. The van der Waals surface area contributed by atoms with E-state index in [9.17, 15) is 14.4 Å². The number of benzene rings is 1. The van der Waals surface area contributed by atoms with Gasteiger partial charge in [0, 0.05) is 23.6 Å². The van der Waals surface area contributed by atoms with Gasteiger partial charge in [-0.05, 0) is 36.4 Å². The molecule has 0 N–H and O–H groups in total. The van der Waals surface area contributed by atoms with Crippen LogP contribution in [0.4, 0.5) is 5.69 Å². The van der Waals surface area contributed by atoms with Crippen LogP contribution in [0.5, 0.6) is 0 Å². The van der Waals surface area contributed by atoms with Crippen molar-refractivity contribution in [2.45, 2.75) is 18.4 Å². The number of nitrogens with zero attached hydrogens (tertiary/aromatic N) is 3. The van der Waals surface area contributed by atoms with Crippen molar-refractivity contribution in [3.8, 4) is 0 Å². The lowest BCUT2D eigenvalue weighted by Crippen LogP contribution is -2.41. The van der Waals surface area contributed by atoms with Crippen molar-refractivity contribution in [1.29, 1.82) is 0 Å². The number of fused-ring (bicyclic) bond motifs is 1. The highest BCUT2D eigenvalue weighted by Gasteiger charge is 2.47. The lowest BCUT2D eigenvalue weighted by atomic mass is 9.94. The van der Waals surface area contributed by atoms with E-state index in [1.54, 1.807) is 36.4 Å². The van der Waals surface area contributed by atoms with Crippen LogP contribution >= 0.6 is 0 Å². The summed E-state index contributed by atoms with van der Waals surface area (Å²) in [5.74, 6) is -0.799. The lowest BCUT2D eigenvalue weighted by Gasteiger charge is -2.24. The van der Waals surface area contributed by atoms with E-state index in [-0.39, 0.29) is 12.3 Å². The SMILES string of the molecule is [N-]=[N+]=CC(=O)[C@H]1[C@H](c2ccco2)CC(=O)N1c1ccc2oc(=O)ccc2c1. The molecule has 1 aliphatic heterocycles. The standard InChI is InChI=1S/C19H13N3O5/c20-21-10-14(23)19-13(16-2-1-7-26-16)9-17(24)22(19)12-4-5-15-11(8-12)3-6-18(25)27-15/h1-8,10,13,19H,9H2/t13-,19+/m0/s1. The highest BCUT2D eigenvalue weighted by molar-refractivity contribution is 6.31. The number of rotatable bonds is 4. The van der Waals surface area contributed by atoms with Crippen LogP contribution in [0.25, 0.3) is 16.5 Å². The number of carbonyl (C=O) groups excluding carboxylic acids is 2. The van der Waals surface area contributed by atoms with Gasteiger partial charge in [-0.25, -0.2) is 4.79 Å². The molecular formula is C19H13N3O5. The minimum Gasteiger partial charge on any atom is -0.469 e. The molecule has 0 aliphatic carbocycles. The number of hydrogen-bond acceptors (Lipinski definition) is 5. The first-order valence-corrected chi connectivity index (χ1v) is 8.19. The zero-order valence-electron chi connectivity index (χ0n) is 13.9. The van der Waals surface area contributed by atoms with Crippen LogP contribution in [0.1, 0.15) is 18.1 Å². The lowest BCUT2D eigenvalue weighted by molar-refractivity contribution is -0.120. The summed E-state index contributed by atoms with van der Waals surface area (Å²) in [5, 5.41) is 0.614. The molecule has 3 aromatic rings. The van der Waals surface area contributed by atoms with Gasteiger partial charge in [0.05, 0.1) is 12.2 Å². The van der Waals surface area contributed by atoms with Crippen LogP contribution in [0.2, 0.25) is 0 Å². The van der Waals surface area contributed by atoms with Crippen molar-refractivity contribution in [2.75, 3.05) is 4.90 Å². The maximum atomic E-state index is 12.7. The third-order valence-electron chi connectivity index (χ3n) is 4.59. The minimum atomic E-state index is -0.910. The fraction of sp³-hybridized carbons (Fsp3) is 0.158. The van der Waals surface area contributed by atoms with Gasteiger partial charge in [0.15, 0.2) is 0 Å². The average Bonchev–Trinajstić information content (AvgIpc) is 3.29. The number of Topliss-reactive ketones (excluding diaryl/α,β-unsaturated/α-hetero) is 1. The van der Waals surface area contributed by atoms with E-state index in [4.69, 9.17) is 14.4 Å². The van der Waals surface area contributed by atoms with Crippen molar-refractivity contribution in [3.63, 3.8) is 0 Å². The highest BCUT2D eigenvalue weighted by atomic mass is 16.4. The number of ketones is 1.